The van der Waals surface area contributed by atoms with Gasteiger partial charge in [-0.15, -0.1) is 11.8 Å². The summed E-state index contributed by atoms with van der Waals surface area (Å²) < 4.78 is 2.00. The summed E-state index contributed by atoms with van der Waals surface area (Å²) in [5.74, 6) is 0.129. The van der Waals surface area contributed by atoms with Crippen molar-refractivity contribution in [3.8, 4) is 0 Å². The molecule has 0 unspecified atom stereocenters. The van der Waals surface area contributed by atoms with Gasteiger partial charge in [0.2, 0.25) is 17.8 Å². The minimum atomic E-state index is 0.129. The molecule has 0 radical (unpaired) electrons. The number of aromatic nitrogens is 1. The fourth-order valence-electron chi connectivity index (χ4n) is 2.38. The Morgan fingerprint density at radius 2 is 1.71 bits per heavy atom. The number of pyridine rings is 1. The van der Waals surface area contributed by atoms with E-state index in [9.17, 15) is 4.79 Å². The third-order valence-electron chi connectivity index (χ3n) is 3.51. The molecule has 1 aromatic heterocycles. The molecular formula is C18H16NOS+. The third-order valence-corrected chi connectivity index (χ3v) is 4.26. The molecule has 0 N–H and O–H groups in total. The summed E-state index contributed by atoms with van der Waals surface area (Å²) in [7, 11) is 0. The molecular weight excluding hydrogens is 278 g/mol. The molecule has 1 heterocycles. The van der Waals surface area contributed by atoms with Gasteiger partial charge in [0.05, 0.1) is 0 Å². The maximum atomic E-state index is 12.4. The van der Waals surface area contributed by atoms with Gasteiger partial charge in [-0.1, -0.05) is 24.3 Å². The SMILES string of the molecule is CSc1ccc(C(=O)C[n+]2cccc3ccccc32)cc1. The molecule has 0 bridgehead atoms. The maximum absolute atomic E-state index is 12.4. The lowest BCUT2D eigenvalue weighted by Crippen LogP contribution is -2.38. The first-order chi connectivity index (χ1) is 10.3. The van der Waals surface area contributed by atoms with Crippen LogP contribution in [-0.2, 0) is 6.54 Å². The number of para-hydroxylation sites is 1. The number of carbonyl (C=O) groups is 1. The lowest BCUT2D eigenvalue weighted by atomic mass is 10.1. The van der Waals surface area contributed by atoms with Crippen LogP contribution in [0.25, 0.3) is 10.9 Å². The number of ketones is 1. The van der Waals surface area contributed by atoms with Crippen molar-refractivity contribution < 1.29 is 9.36 Å². The topological polar surface area (TPSA) is 20.9 Å². The van der Waals surface area contributed by atoms with Gasteiger partial charge in [0.15, 0.2) is 6.20 Å². The number of benzene rings is 2. The number of fused-ring (bicyclic) bond motifs is 1. The van der Waals surface area contributed by atoms with Crippen LogP contribution < -0.4 is 4.57 Å². The number of carbonyl (C=O) groups excluding carboxylic acids is 1. The van der Waals surface area contributed by atoms with Crippen molar-refractivity contribution in [3.63, 3.8) is 0 Å². The molecule has 0 saturated carbocycles. The highest BCUT2D eigenvalue weighted by Crippen LogP contribution is 2.15. The molecule has 3 heteroatoms. The minimum Gasteiger partial charge on any atom is -0.287 e. The first-order valence-electron chi connectivity index (χ1n) is 6.82. The summed E-state index contributed by atoms with van der Waals surface area (Å²) in [6.07, 6.45) is 3.99. The largest absolute Gasteiger partial charge is 0.287 e. The van der Waals surface area contributed by atoms with E-state index in [-0.39, 0.29) is 5.78 Å². The van der Waals surface area contributed by atoms with Crippen LogP contribution in [0.3, 0.4) is 0 Å². The van der Waals surface area contributed by atoms with Crippen LogP contribution in [0.2, 0.25) is 0 Å². The van der Waals surface area contributed by atoms with Crippen LogP contribution in [0.15, 0.2) is 71.8 Å². The zero-order chi connectivity index (χ0) is 14.7. The van der Waals surface area contributed by atoms with Gasteiger partial charge in [-0.25, -0.2) is 0 Å². The Hall–Kier alpha value is -2.13. The smallest absolute Gasteiger partial charge is 0.227 e. The maximum Gasteiger partial charge on any atom is 0.227 e. The molecule has 0 aliphatic carbocycles. The monoisotopic (exact) mass is 294 g/mol. The highest BCUT2D eigenvalue weighted by Gasteiger charge is 2.14. The molecule has 21 heavy (non-hydrogen) atoms. The van der Waals surface area contributed by atoms with Gasteiger partial charge in [0, 0.05) is 28.0 Å². The van der Waals surface area contributed by atoms with Crippen molar-refractivity contribution in [2.75, 3.05) is 6.26 Å². The highest BCUT2D eigenvalue weighted by molar-refractivity contribution is 7.98. The second kappa shape index (κ2) is 6.10. The van der Waals surface area contributed by atoms with Gasteiger partial charge < -0.3 is 0 Å². The van der Waals surface area contributed by atoms with Crippen molar-refractivity contribution in [2.45, 2.75) is 11.4 Å². The van der Waals surface area contributed by atoms with Gasteiger partial charge in [-0.2, -0.15) is 4.57 Å². The van der Waals surface area contributed by atoms with Crippen molar-refractivity contribution in [3.05, 3.63) is 72.4 Å². The van der Waals surface area contributed by atoms with E-state index in [1.807, 2.05) is 65.6 Å². The fraction of sp³-hybridized carbons (Fsp3) is 0.111. The molecule has 0 aliphatic rings. The molecule has 0 amide bonds. The van der Waals surface area contributed by atoms with E-state index >= 15 is 0 Å². The molecule has 2 aromatic carbocycles. The van der Waals surface area contributed by atoms with Gasteiger partial charge in [0.25, 0.3) is 0 Å². The number of hydrogen-bond donors (Lipinski definition) is 0. The van der Waals surface area contributed by atoms with Crippen LogP contribution in [0, 0.1) is 0 Å². The zero-order valence-corrected chi connectivity index (χ0v) is 12.6. The summed E-state index contributed by atoms with van der Waals surface area (Å²) in [4.78, 5) is 13.6. The van der Waals surface area contributed by atoms with E-state index in [1.54, 1.807) is 11.8 Å². The standard InChI is InChI=1S/C18H16NOS/c1-21-16-10-8-15(9-11-16)18(20)13-19-12-4-6-14-5-2-3-7-17(14)19/h2-12H,13H2,1H3/q+1. The Kier molecular flexibility index (Phi) is 4.02. The number of nitrogens with zero attached hydrogens (tertiary/aromatic N) is 1. The number of hydrogen-bond acceptors (Lipinski definition) is 2. The van der Waals surface area contributed by atoms with Crippen LogP contribution >= 0.6 is 11.8 Å². The normalized spacial score (nSPS) is 10.7. The Morgan fingerprint density at radius 3 is 2.48 bits per heavy atom. The van der Waals surface area contributed by atoms with E-state index in [0.717, 1.165) is 16.5 Å². The van der Waals surface area contributed by atoms with E-state index in [1.165, 1.54) is 4.90 Å². The summed E-state index contributed by atoms with van der Waals surface area (Å²) in [5.41, 5.74) is 1.84. The second-order valence-corrected chi connectivity index (χ2v) is 5.73. The molecule has 2 nitrogen and oxygen atoms in total. The van der Waals surface area contributed by atoms with Crippen LogP contribution in [-0.4, -0.2) is 12.0 Å². The quantitative estimate of drug-likeness (QED) is 0.415. The summed E-state index contributed by atoms with van der Waals surface area (Å²) in [6, 6.07) is 19.9. The average molecular weight is 294 g/mol. The molecule has 0 atom stereocenters. The summed E-state index contributed by atoms with van der Waals surface area (Å²) in [6.45, 7) is 0.361. The predicted molar refractivity (Wildman–Crippen MR) is 86.7 cm³/mol. The molecule has 3 aromatic rings. The van der Waals surface area contributed by atoms with Gasteiger partial charge >= 0.3 is 0 Å². The Morgan fingerprint density at radius 1 is 1.00 bits per heavy atom. The fourth-order valence-corrected chi connectivity index (χ4v) is 2.79. The number of rotatable bonds is 4. The molecule has 104 valence electrons. The first kappa shape index (κ1) is 13.8. The van der Waals surface area contributed by atoms with Crippen molar-refractivity contribution in [1.29, 1.82) is 0 Å². The van der Waals surface area contributed by atoms with Gasteiger partial charge in [-0.05, 0) is 30.5 Å². The second-order valence-electron chi connectivity index (χ2n) is 4.85. The minimum absolute atomic E-state index is 0.129. The lowest BCUT2D eigenvalue weighted by molar-refractivity contribution is -0.657. The van der Waals surface area contributed by atoms with Gasteiger partial charge in [0.1, 0.15) is 0 Å². The Balaban J connectivity index is 1.89. The van der Waals surface area contributed by atoms with E-state index in [0.29, 0.717) is 6.54 Å². The number of Topliss-reactive ketones (excluding diaryl/α,β-unsaturated/α-hetero) is 1. The van der Waals surface area contributed by atoms with E-state index in [4.69, 9.17) is 0 Å². The highest BCUT2D eigenvalue weighted by atomic mass is 32.2. The molecule has 0 aliphatic heterocycles. The Labute approximate surface area is 128 Å². The number of thioether (sulfide) groups is 1. The zero-order valence-electron chi connectivity index (χ0n) is 11.8. The van der Waals surface area contributed by atoms with Crippen molar-refractivity contribution in [2.24, 2.45) is 0 Å². The Bertz CT molecular complexity index is 775. The summed E-state index contributed by atoms with van der Waals surface area (Å²) >= 11 is 1.68. The van der Waals surface area contributed by atoms with E-state index < -0.39 is 0 Å². The van der Waals surface area contributed by atoms with Crippen molar-refractivity contribution >= 4 is 28.4 Å². The molecule has 0 spiro atoms. The third kappa shape index (κ3) is 2.98. The predicted octanol–water partition coefficient (Wildman–Crippen LogP) is 3.73. The van der Waals surface area contributed by atoms with Crippen molar-refractivity contribution in [1.82, 2.24) is 0 Å². The van der Waals surface area contributed by atoms with Crippen LogP contribution in [0.4, 0.5) is 0 Å². The van der Waals surface area contributed by atoms with Crippen LogP contribution in [0.5, 0.6) is 0 Å². The molecule has 3 rings (SSSR count). The lowest BCUT2D eigenvalue weighted by Gasteiger charge is -2.02. The van der Waals surface area contributed by atoms with E-state index in [2.05, 4.69) is 12.1 Å². The summed E-state index contributed by atoms with van der Waals surface area (Å²) in [5, 5.41) is 1.14. The average Bonchev–Trinajstić information content (AvgIpc) is 2.55. The van der Waals surface area contributed by atoms with Crippen LogP contribution in [0.1, 0.15) is 10.4 Å². The van der Waals surface area contributed by atoms with Gasteiger partial charge in [-0.3, -0.25) is 4.79 Å². The first-order valence-corrected chi connectivity index (χ1v) is 8.05. The molecule has 0 fully saturated rings. The molecule has 0 saturated heterocycles.